The molecule has 2 aliphatic rings. The number of aryl methyl sites for hydroxylation is 2. The number of hydrogen-bond donors (Lipinski definition) is 0. The van der Waals surface area contributed by atoms with Crippen LogP contribution in [-0.2, 0) is 25.7 Å². The summed E-state index contributed by atoms with van der Waals surface area (Å²) in [4.78, 5) is 5.22. The van der Waals surface area contributed by atoms with Crippen molar-refractivity contribution in [2.24, 2.45) is 0 Å². The van der Waals surface area contributed by atoms with Gasteiger partial charge < -0.3 is 0 Å². The molecule has 2 aliphatic carbocycles. The van der Waals surface area contributed by atoms with Crippen molar-refractivity contribution in [3.63, 3.8) is 0 Å². The lowest BCUT2D eigenvalue weighted by Gasteiger charge is -2.28. The summed E-state index contributed by atoms with van der Waals surface area (Å²) in [5, 5.41) is 0. The molecule has 1 heterocycles. The number of fused-ring (bicyclic) bond motifs is 6. The summed E-state index contributed by atoms with van der Waals surface area (Å²) >= 11 is 1.11. The minimum absolute atomic E-state index is 1.11. The number of pyridine rings is 1. The Kier molecular flexibility index (Phi) is 2.98. The van der Waals surface area contributed by atoms with Crippen molar-refractivity contribution >= 4 is 20.7 Å². The molecule has 1 aromatic heterocycles. The molecule has 110 valence electrons. The normalized spacial score (nSPS) is 14.4. The van der Waals surface area contributed by atoms with E-state index >= 15 is 0 Å². The predicted molar refractivity (Wildman–Crippen MR) is 98.1 cm³/mol. The molecular formula is C21H18AlN. The number of aromatic nitrogens is 1. The standard InChI is InChI=1S/C21H16N.Al.2H/c1-3-7-18-14(5-1)9-11-16-13-17-12-10-15-6-2-4-8-19(15)21(17)22-20(16)18;;;/h1-8H,9-12H2;;;. The highest BCUT2D eigenvalue weighted by Crippen LogP contribution is 2.37. The summed E-state index contributed by atoms with van der Waals surface area (Å²) in [7, 11) is 0. The van der Waals surface area contributed by atoms with Crippen LogP contribution in [0.25, 0.3) is 22.5 Å². The van der Waals surface area contributed by atoms with Crippen molar-refractivity contribution in [2.45, 2.75) is 25.7 Å². The SMILES string of the molecule is [AlH2][c]1c2c(nc3c1CCc1ccccc1-3)-c1ccccc1CC2. The molecule has 0 amide bonds. The van der Waals surface area contributed by atoms with Gasteiger partial charge in [-0.05, 0) is 47.9 Å². The van der Waals surface area contributed by atoms with E-state index in [1.807, 2.05) is 0 Å². The highest BCUT2D eigenvalue weighted by atomic mass is 27.0. The number of hydrogen-bond acceptors (Lipinski definition) is 1. The van der Waals surface area contributed by atoms with Crippen LogP contribution in [0.3, 0.4) is 0 Å². The third-order valence-electron chi connectivity index (χ3n) is 5.53. The first kappa shape index (κ1) is 13.6. The van der Waals surface area contributed by atoms with Gasteiger partial charge in [-0.2, -0.15) is 0 Å². The lowest BCUT2D eigenvalue weighted by atomic mass is 9.83. The van der Waals surface area contributed by atoms with Crippen molar-refractivity contribution in [2.75, 3.05) is 0 Å². The van der Waals surface area contributed by atoms with Crippen LogP contribution in [0.15, 0.2) is 48.5 Å². The molecule has 0 N–H and O–H groups in total. The Hall–Kier alpha value is -1.88. The molecule has 1 nitrogen and oxygen atoms in total. The summed E-state index contributed by atoms with van der Waals surface area (Å²) < 4.78 is 1.62. The van der Waals surface area contributed by atoms with Crippen molar-refractivity contribution in [1.82, 2.24) is 4.98 Å². The van der Waals surface area contributed by atoms with E-state index < -0.39 is 0 Å². The van der Waals surface area contributed by atoms with Crippen molar-refractivity contribution in [3.8, 4) is 22.5 Å². The minimum Gasteiger partial charge on any atom is -0.247 e. The predicted octanol–water partition coefficient (Wildman–Crippen LogP) is 2.87. The van der Waals surface area contributed by atoms with Crippen LogP contribution in [0, 0.1) is 0 Å². The Balaban J connectivity index is 1.83. The molecule has 0 atom stereocenters. The van der Waals surface area contributed by atoms with Crippen molar-refractivity contribution in [1.29, 1.82) is 0 Å². The first-order valence-corrected chi connectivity index (χ1v) is 9.52. The van der Waals surface area contributed by atoms with E-state index in [4.69, 9.17) is 4.98 Å². The second-order valence-electron chi connectivity index (χ2n) is 6.71. The lowest BCUT2D eigenvalue weighted by Crippen LogP contribution is -2.26. The molecule has 0 saturated heterocycles. The Labute approximate surface area is 144 Å². The number of nitrogens with zero attached hydrogens (tertiary/aromatic N) is 1. The third kappa shape index (κ3) is 1.96. The Morgan fingerprint density at radius 2 is 1.13 bits per heavy atom. The van der Waals surface area contributed by atoms with Gasteiger partial charge in [-0.15, -0.1) is 4.43 Å². The molecular weight excluding hydrogens is 293 g/mol. The molecule has 0 aliphatic heterocycles. The first-order valence-electron chi connectivity index (χ1n) is 8.52. The highest BCUT2D eigenvalue weighted by Gasteiger charge is 2.25. The number of benzene rings is 2. The summed E-state index contributed by atoms with van der Waals surface area (Å²) in [5.41, 5.74) is 11.2. The Morgan fingerprint density at radius 3 is 1.65 bits per heavy atom. The van der Waals surface area contributed by atoms with E-state index in [1.165, 1.54) is 44.8 Å². The fourth-order valence-corrected chi connectivity index (χ4v) is 5.27. The second-order valence-corrected chi connectivity index (χ2v) is 7.71. The zero-order valence-corrected chi connectivity index (χ0v) is 15.4. The summed E-state index contributed by atoms with van der Waals surface area (Å²) in [6.45, 7) is 0. The molecule has 0 unspecified atom stereocenters. The third-order valence-corrected chi connectivity index (χ3v) is 6.74. The van der Waals surface area contributed by atoms with Crippen LogP contribution in [0.5, 0.6) is 0 Å². The van der Waals surface area contributed by atoms with Gasteiger partial charge in [0.1, 0.15) is 0 Å². The maximum Gasteiger partial charge on any atom is 0.259 e. The zero-order chi connectivity index (χ0) is 15.4. The topological polar surface area (TPSA) is 12.9 Å². The first-order chi connectivity index (χ1) is 11.3. The van der Waals surface area contributed by atoms with Gasteiger partial charge in [-0.1, -0.05) is 48.5 Å². The molecule has 23 heavy (non-hydrogen) atoms. The molecule has 0 fully saturated rings. The van der Waals surface area contributed by atoms with E-state index in [2.05, 4.69) is 48.5 Å². The van der Waals surface area contributed by atoms with Crippen LogP contribution in [0.2, 0.25) is 0 Å². The van der Waals surface area contributed by atoms with Crippen LogP contribution in [0.1, 0.15) is 22.3 Å². The van der Waals surface area contributed by atoms with Gasteiger partial charge in [0.15, 0.2) is 0 Å². The maximum atomic E-state index is 5.22. The molecule has 2 aromatic carbocycles. The molecule has 0 spiro atoms. The van der Waals surface area contributed by atoms with Crippen molar-refractivity contribution in [3.05, 3.63) is 70.8 Å². The van der Waals surface area contributed by atoms with Gasteiger partial charge in [0.05, 0.1) is 11.4 Å². The van der Waals surface area contributed by atoms with Crippen LogP contribution < -0.4 is 4.43 Å². The quantitative estimate of drug-likeness (QED) is 0.582. The van der Waals surface area contributed by atoms with Gasteiger partial charge in [0, 0.05) is 11.1 Å². The van der Waals surface area contributed by atoms with E-state index in [-0.39, 0.29) is 0 Å². The molecule has 0 saturated carbocycles. The van der Waals surface area contributed by atoms with Gasteiger partial charge >= 0.3 is 0 Å². The second kappa shape index (κ2) is 5.06. The van der Waals surface area contributed by atoms with Gasteiger partial charge in [-0.25, -0.2) is 4.98 Å². The van der Waals surface area contributed by atoms with Gasteiger partial charge in [0.25, 0.3) is 16.3 Å². The van der Waals surface area contributed by atoms with E-state index in [0.29, 0.717) is 0 Å². The van der Waals surface area contributed by atoms with Gasteiger partial charge in [0.2, 0.25) is 0 Å². The van der Waals surface area contributed by atoms with Crippen LogP contribution >= 0.6 is 0 Å². The van der Waals surface area contributed by atoms with Crippen LogP contribution in [0.4, 0.5) is 0 Å². The molecule has 2 heteroatoms. The fourth-order valence-electron chi connectivity index (χ4n) is 4.30. The largest absolute Gasteiger partial charge is 0.259 e. The van der Waals surface area contributed by atoms with Gasteiger partial charge in [-0.3, -0.25) is 0 Å². The highest BCUT2D eigenvalue weighted by molar-refractivity contribution is 6.35. The van der Waals surface area contributed by atoms with Crippen molar-refractivity contribution < 1.29 is 0 Å². The Morgan fingerprint density at radius 1 is 0.652 bits per heavy atom. The number of rotatable bonds is 0. The van der Waals surface area contributed by atoms with Crippen LogP contribution in [-0.4, -0.2) is 21.3 Å². The zero-order valence-electron chi connectivity index (χ0n) is 13.4. The molecule has 0 bridgehead atoms. The summed E-state index contributed by atoms with van der Waals surface area (Å²) in [5.74, 6) is 0. The molecule has 3 aromatic rings. The van der Waals surface area contributed by atoms with E-state index in [9.17, 15) is 0 Å². The summed E-state index contributed by atoms with van der Waals surface area (Å²) in [6, 6.07) is 17.6. The van der Waals surface area contributed by atoms with E-state index in [0.717, 1.165) is 42.0 Å². The smallest absolute Gasteiger partial charge is 0.247 e. The summed E-state index contributed by atoms with van der Waals surface area (Å²) in [6.07, 6.45) is 4.64. The molecule has 0 radical (unpaired) electrons. The average molecular weight is 311 g/mol. The monoisotopic (exact) mass is 311 g/mol. The maximum absolute atomic E-state index is 5.22. The minimum atomic E-state index is 1.11. The lowest BCUT2D eigenvalue weighted by molar-refractivity contribution is 0.900. The Bertz CT molecular complexity index is 869. The fraction of sp³-hybridized carbons (Fsp3) is 0.190. The van der Waals surface area contributed by atoms with E-state index in [1.54, 1.807) is 4.43 Å². The average Bonchev–Trinajstić information content (AvgIpc) is 2.61. The molecule has 5 rings (SSSR count).